The Bertz CT molecular complexity index is 1390. The Morgan fingerprint density at radius 3 is 2.39 bits per heavy atom. The Morgan fingerprint density at radius 1 is 1.05 bits per heavy atom. The van der Waals surface area contributed by atoms with E-state index in [2.05, 4.69) is 15.3 Å². The van der Waals surface area contributed by atoms with Crippen LogP contribution in [0.4, 0.5) is 23.7 Å². The third kappa shape index (κ3) is 7.37. The molecule has 3 aromatic rings. The van der Waals surface area contributed by atoms with Crippen molar-refractivity contribution < 1.29 is 32.3 Å². The van der Waals surface area contributed by atoms with Crippen LogP contribution in [-0.4, -0.2) is 33.4 Å². The number of halogens is 3. The molecule has 2 amide bonds. The molecule has 0 spiro atoms. The Kier molecular flexibility index (Phi) is 8.19. The molecule has 0 aliphatic rings. The maximum Gasteiger partial charge on any atom is 0.416 e. The highest BCUT2D eigenvalue weighted by molar-refractivity contribution is 6.11. The fourth-order valence-corrected chi connectivity index (χ4v) is 4.00. The second-order valence-electron chi connectivity index (χ2n) is 9.45. The molecule has 0 radical (unpaired) electrons. The van der Waals surface area contributed by atoms with Gasteiger partial charge in [-0.1, -0.05) is 24.3 Å². The third-order valence-corrected chi connectivity index (χ3v) is 5.58. The van der Waals surface area contributed by atoms with Crippen molar-refractivity contribution in [3.63, 3.8) is 0 Å². The first-order valence-corrected chi connectivity index (χ1v) is 11.6. The molecule has 8 nitrogen and oxygen atoms in total. The predicted octanol–water partition coefficient (Wildman–Crippen LogP) is 5.41. The SMILES string of the molecule is Cc1cncc(-c2cccc(C(=O)CC(=O)Nc3cc(C(F)(F)F)c(C)cc3CC(C)(C)OC(N)=O)c2)n1. The van der Waals surface area contributed by atoms with Crippen molar-refractivity contribution in [3.8, 4) is 11.3 Å². The van der Waals surface area contributed by atoms with E-state index in [9.17, 15) is 27.6 Å². The number of nitrogens with two attached hydrogens (primary N) is 1. The van der Waals surface area contributed by atoms with Crippen LogP contribution in [0.2, 0.25) is 0 Å². The first-order valence-electron chi connectivity index (χ1n) is 11.6. The number of alkyl halides is 3. The average Bonchev–Trinajstić information content (AvgIpc) is 2.79. The van der Waals surface area contributed by atoms with Gasteiger partial charge in [0.05, 0.1) is 29.6 Å². The molecule has 0 saturated carbocycles. The highest BCUT2D eigenvalue weighted by atomic mass is 19.4. The van der Waals surface area contributed by atoms with Gasteiger partial charge in [0, 0.05) is 29.4 Å². The van der Waals surface area contributed by atoms with E-state index in [4.69, 9.17) is 10.5 Å². The topological polar surface area (TPSA) is 124 Å². The lowest BCUT2D eigenvalue weighted by molar-refractivity contribution is -0.138. The van der Waals surface area contributed by atoms with Gasteiger partial charge in [0.2, 0.25) is 5.91 Å². The van der Waals surface area contributed by atoms with E-state index in [1.807, 2.05) is 0 Å². The number of nitrogens with zero attached hydrogens (tertiary/aromatic N) is 2. The summed E-state index contributed by atoms with van der Waals surface area (Å²) in [6.07, 6.45) is -3.24. The molecule has 11 heteroatoms. The lowest BCUT2D eigenvalue weighted by Crippen LogP contribution is -2.33. The second kappa shape index (κ2) is 11.0. The molecule has 0 atom stereocenters. The monoisotopic (exact) mass is 528 g/mol. The van der Waals surface area contributed by atoms with Crippen LogP contribution in [0.5, 0.6) is 0 Å². The van der Waals surface area contributed by atoms with Gasteiger partial charge in [0.25, 0.3) is 0 Å². The van der Waals surface area contributed by atoms with Gasteiger partial charge in [0.1, 0.15) is 5.60 Å². The fourth-order valence-electron chi connectivity index (χ4n) is 4.00. The van der Waals surface area contributed by atoms with Crippen molar-refractivity contribution >= 4 is 23.5 Å². The van der Waals surface area contributed by atoms with E-state index in [1.165, 1.54) is 32.9 Å². The molecule has 0 aliphatic heterocycles. The maximum atomic E-state index is 13.6. The van der Waals surface area contributed by atoms with E-state index in [0.717, 1.165) is 6.07 Å². The highest BCUT2D eigenvalue weighted by Crippen LogP contribution is 2.36. The molecule has 0 unspecified atom stereocenters. The summed E-state index contributed by atoms with van der Waals surface area (Å²) in [5.41, 5.74) is 5.14. The second-order valence-corrected chi connectivity index (χ2v) is 9.45. The summed E-state index contributed by atoms with van der Waals surface area (Å²) < 4.78 is 45.8. The normalized spacial score (nSPS) is 11.7. The molecular weight excluding hydrogens is 501 g/mol. The van der Waals surface area contributed by atoms with Crippen molar-refractivity contribution in [2.24, 2.45) is 5.73 Å². The zero-order chi connectivity index (χ0) is 28.3. The molecule has 1 aromatic heterocycles. The maximum absolute atomic E-state index is 13.6. The number of rotatable bonds is 8. The Hall–Kier alpha value is -4.28. The van der Waals surface area contributed by atoms with Crippen molar-refractivity contribution in [2.75, 3.05) is 5.32 Å². The summed E-state index contributed by atoms with van der Waals surface area (Å²) >= 11 is 0. The summed E-state index contributed by atoms with van der Waals surface area (Å²) in [6, 6.07) is 8.56. The van der Waals surface area contributed by atoms with E-state index in [1.54, 1.807) is 37.5 Å². The van der Waals surface area contributed by atoms with Gasteiger partial charge in [-0.25, -0.2) is 9.78 Å². The number of amides is 2. The van der Waals surface area contributed by atoms with Crippen LogP contribution in [0.3, 0.4) is 0 Å². The smallest absolute Gasteiger partial charge is 0.416 e. The summed E-state index contributed by atoms with van der Waals surface area (Å²) in [4.78, 5) is 45.4. The molecule has 0 saturated heterocycles. The molecule has 0 fully saturated rings. The van der Waals surface area contributed by atoms with Crippen molar-refractivity contribution in [2.45, 2.75) is 52.3 Å². The molecule has 0 aliphatic carbocycles. The number of carbonyl (C=O) groups is 3. The van der Waals surface area contributed by atoms with E-state index in [0.29, 0.717) is 17.0 Å². The van der Waals surface area contributed by atoms with Crippen LogP contribution in [0.25, 0.3) is 11.3 Å². The Morgan fingerprint density at radius 2 is 1.76 bits per heavy atom. The third-order valence-electron chi connectivity index (χ3n) is 5.58. The number of carbonyl (C=O) groups excluding carboxylic acids is 3. The number of ketones is 1. The first kappa shape index (κ1) is 28.3. The lowest BCUT2D eigenvalue weighted by atomic mass is 9.93. The lowest BCUT2D eigenvalue weighted by Gasteiger charge is -2.26. The van der Waals surface area contributed by atoms with Gasteiger partial charge >= 0.3 is 12.3 Å². The van der Waals surface area contributed by atoms with Gasteiger partial charge in [-0.2, -0.15) is 13.2 Å². The number of hydrogen-bond donors (Lipinski definition) is 2. The summed E-state index contributed by atoms with van der Waals surface area (Å²) in [5, 5.41) is 2.43. The molecule has 0 bridgehead atoms. The molecule has 3 rings (SSSR count). The number of anilines is 1. The van der Waals surface area contributed by atoms with Crippen LogP contribution >= 0.6 is 0 Å². The number of aryl methyl sites for hydroxylation is 2. The van der Waals surface area contributed by atoms with E-state index >= 15 is 0 Å². The summed E-state index contributed by atoms with van der Waals surface area (Å²) in [5.74, 6) is -1.34. The van der Waals surface area contributed by atoms with Crippen molar-refractivity contribution in [3.05, 3.63) is 76.7 Å². The predicted molar refractivity (Wildman–Crippen MR) is 134 cm³/mol. The van der Waals surface area contributed by atoms with Crippen LogP contribution in [-0.2, 0) is 22.1 Å². The number of aromatic nitrogens is 2. The molecule has 38 heavy (non-hydrogen) atoms. The minimum absolute atomic E-state index is 0.0436. The summed E-state index contributed by atoms with van der Waals surface area (Å²) in [7, 11) is 0. The van der Waals surface area contributed by atoms with Crippen LogP contribution in [0.15, 0.2) is 48.8 Å². The number of benzene rings is 2. The zero-order valence-electron chi connectivity index (χ0n) is 21.3. The largest absolute Gasteiger partial charge is 0.443 e. The van der Waals surface area contributed by atoms with Crippen LogP contribution in [0, 0.1) is 13.8 Å². The number of hydrogen-bond acceptors (Lipinski definition) is 6. The molecule has 1 heterocycles. The molecule has 2 aromatic carbocycles. The highest BCUT2D eigenvalue weighted by Gasteiger charge is 2.34. The van der Waals surface area contributed by atoms with Gasteiger partial charge in [0.15, 0.2) is 5.78 Å². The standard InChI is InChI=1S/C27H27F3N4O4/c1-15-8-19(12-26(3,4)38-25(31)37)21(10-20(15)27(28,29)30)34-24(36)11-23(35)18-7-5-6-17(9-18)22-14-32-13-16(2)33-22/h5-10,13-14H,11-12H2,1-4H3,(H2,31,37)(H,34,36). The van der Waals surface area contributed by atoms with E-state index in [-0.39, 0.29) is 28.8 Å². The van der Waals surface area contributed by atoms with Gasteiger partial charge in [-0.05, 0) is 51.0 Å². The fraction of sp³-hybridized carbons (Fsp3) is 0.296. The van der Waals surface area contributed by atoms with Gasteiger partial charge < -0.3 is 15.8 Å². The number of Topliss-reactive ketones (excluding diaryl/α,β-unsaturated/α-hetero) is 1. The quantitative estimate of drug-likeness (QED) is 0.298. The Labute approximate surface area is 217 Å². The van der Waals surface area contributed by atoms with E-state index < -0.39 is 41.5 Å². The average molecular weight is 529 g/mol. The van der Waals surface area contributed by atoms with Gasteiger partial charge in [-0.3, -0.25) is 14.6 Å². The molecular formula is C27H27F3N4O4. The number of nitrogens with one attached hydrogen (secondary N) is 1. The van der Waals surface area contributed by atoms with Crippen LogP contribution < -0.4 is 11.1 Å². The summed E-state index contributed by atoms with van der Waals surface area (Å²) in [6.45, 7) is 6.13. The Balaban J connectivity index is 1.86. The van der Waals surface area contributed by atoms with Crippen LogP contribution in [0.1, 0.15) is 53.0 Å². The minimum Gasteiger partial charge on any atom is -0.443 e. The first-order chi connectivity index (χ1) is 17.6. The molecule has 200 valence electrons. The van der Waals surface area contributed by atoms with Crippen molar-refractivity contribution in [1.82, 2.24) is 9.97 Å². The van der Waals surface area contributed by atoms with Gasteiger partial charge in [-0.15, -0.1) is 0 Å². The number of ether oxygens (including phenoxy) is 1. The zero-order valence-corrected chi connectivity index (χ0v) is 21.3. The molecule has 3 N–H and O–H groups in total. The number of primary amides is 1. The van der Waals surface area contributed by atoms with Crippen molar-refractivity contribution in [1.29, 1.82) is 0 Å². The minimum atomic E-state index is -4.67.